The highest BCUT2D eigenvalue weighted by Gasteiger charge is 2.53. The molecular weight excluding hydrogens is 1320 g/mol. The van der Waals surface area contributed by atoms with Gasteiger partial charge in [0.25, 0.3) is 0 Å². The molecule has 4 heterocycles. The van der Waals surface area contributed by atoms with Crippen molar-refractivity contribution in [1.82, 2.24) is 10.6 Å². The molecule has 12 N–H and O–H groups in total. The Morgan fingerprint density at radius 2 is 0.673 bits per heavy atom. The van der Waals surface area contributed by atoms with Crippen molar-refractivity contribution >= 4 is 35.7 Å². The minimum absolute atomic E-state index is 0. The zero-order valence-corrected chi connectivity index (χ0v) is 59.6. The topological polar surface area (TPSA) is 412 Å². The van der Waals surface area contributed by atoms with Gasteiger partial charge in [-0.05, 0) is 26.7 Å². The molecule has 0 aromatic carbocycles. The Bertz CT molecular complexity index is 2120. The van der Waals surface area contributed by atoms with Gasteiger partial charge in [-0.1, -0.05) is 223 Å². The van der Waals surface area contributed by atoms with Crippen LogP contribution in [0.1, 0.15) is 290 Å². The number of aliphatic hydroxyl groups excluding tert-OH is 7. The van der Waals surface area contributed by atoms with E-state index in [1.165, 1.54) is 182 Å². The number of ether oxygens (including phenoxy) is 9. The minimum Gasteiger partial charge on any atom is -0.481 e. The molecule has 0 bridgehead atoms. The fourth-order valence-corrected chi connectivity index (χ4v) is 12.9. The average molecular weight is 1460 g/mol. The zero-order chi connectivity index (χ0) is 72.2. The average Bonchev–Trinajstić information content (AvgIpc) is 0.791. The zero-order valence-electron chi connectivity index (χ0n) is 59.6. The van der Waals surface area contributed by atoms with Crippen LogP contribution in [0.5, 0.6) is 0 Å². The van der Waals surface area contributed by atoms with Gasteiger partial charge in [-0.25, -0.2) is 0 Å². The predicted molar refractivity (Wildman–Crippen MR) is 385 cm³/mol. The number of nitrogens with one attached hydrogen (secondary N) is 2. The van der Waals surface area contributed by atoms with E-state index < -0.39 is 177 Å². The number of hydrogen-bond acceptors (Lipinski definition) is 22. The monoisotopic (exact) mass is 1460 g/mol. The van der Waals surface area contributed by atoms with Gasteiger partial charge in [-0.2, -0.15) is 0 Å². The number of amides is 2. The maximum absolute atomic E-state index is 12.5. The van der Waals surface area contributed by atoms with E-state index in [2.05, 4.69) is 24.5 Å². The first-order valence-corrected chi connectivity index (χ1v) is 36.4. The summed E-state index contributed by atoms with van der Waals surface area (Å²) in [5.74, 6) is -4.35. The number of carboxylic acids is 3. The number of esters is 1. The highest BCUT2D eigenvalue weighted by atomic mass is 16.7. The lowest BCUT2D eigenvalue weighted by atomic mass is 9.92. The van der Waals surface area contributed by atoms with Crippen LogP contribution >= 0.6 is 0 Å². The van der Waals surface area contributed by atoms with Crippen molar-refractivity contribution in [3.63, 3.8) is 0 Å². The summed E-state index contributed by atoms with van der Waals surface area (Å²) in [5, 5.41) is 105. The lowest BCUT2D eigenvalue weighted by Gasteiger charge is -2.47. The van der Waals surface area contributed by atoms with E-state index >= 15 is 0 Å². The Labute approximate surface area is 605 Å². The first-order valence-electron chi connectivity index (χ1n) is 36.4. The van der Waals surface area contributed by atoms with Crippen LogP contribution in [0.15, 0.2) is 0 Å². The van der Waals surface area contributed by atoms with Gasteiger partial charge in [-0.15, -0.1) is 0 Å². The van der Waals surface area contributed by atoms with Crippen molar-refractivity contribution in [3.05, 3.63) is 0 Å². The first kappa shape index (κ1) is 101. The lowest BCUT2D eigenvalue weighted by molar-refractivity contribution is -0.330. The van der Waals surface area contributed by atoms with Gasteiger partial charge in [0, 0.05) is 40.9 Å². The van der Waals surface area contributed by atoms with Gasteiger partial charge in [0.15, 0.2) is 12.6 Å². The summed E-state index contributed by atoms with van der Waals surface area (Å²) in [6, 6.07) is -1.77. The molecule has 101 heavy (non-hydrogen) atoms. The molecule has 27 heteroatoms. The summed E-state index contributed by atoms with van der Waals surface area (Å²) >= 11 is 0. The largest absolute Gasteiger partial charge is 0.481 e. The van der Waals surface area contributed by atoms with Gasteiger partial charge in [0.05, 0.1) is 43.7 Å². The van der Waals surface area contributed by atoms with E-state index in [9.17, 15) is 69.6 Å². The molecule has 20 atom stereocenters. The highest BCUT2D eigenvalue weighted by Crippen LogP contribution is 2.34. The molecule has 4 saturated heterocycles. The number of hydrogen-bond donors (Lipinski definition) is 12. The second-order valence-corrected chi connectivity index (χ2v) is 26.7. The number of carboxylic acid groups (broad SMARTS) is 3. The van der Waals surface area contributed by atoms with Crippen LogP contribution in [0.2, 0.25) is 0 Å². The van der Waals surface area contributed by atoms with Crippen molar-refractivity contribution in [3.8, 4) is 0 Å². The van der Waals surface area contributed by atoms with Gasteiger partial charge >= 0.3 is 23.9 Å². The third-order valence-electron chi connectivity index (χ3n) is 18.4. The Morgan fingerprint density at radius 1 is 0.376 bits per heavy atom. The number of unbranched alkanes of at least 4 members (excludes halogenated alkanes) is 28. The molecule has 0 spiro atoms. The third kappa shape index (κ3) is 40.5. The molecule has 2 amide bonds. The molecule has 4 aliphatic heterocycles. The Hall–Kier alpha value is -3.78. The van der Waals surface area contributed by atoms with Crippen molar-refractivity contribution in [2.24, 2.45) is 0 Å². The van der Waals surface area contributed by atoms with Crippen LogP contribution in [-0.4, -0.2) is 237 Å². The normalized spacial score (nSPS) is 29.0. The number of aliphatic hydroxyl groups is 7. The van der Waals surface area contributed by atoms with Crippen molar-refractivity contribution in [2.75, 3.05) is 27.4 Å². The fourth-order valence-electron chi connectivity index (χ4n) is 12.9. The SMILES string of the molecule is C.C.C.C.CCCCCCCCCCCCCCCCCC(=O)O.CCCCCCCCCCCCCCCCCC(=O)OCC1O[C@@H](C)C(NC(C)=O)[C@@H](O[C@@H]2OC(CC(=O)O)[C@@H](OC)[C@H](O)C2O)[C@@H]1O.CO[C@@H]1C(CC(=O)O)O[C@@H](O[C@@H]2C(NC(C)=O)[C@H](C)OC(CO)[C@H]2O)C(O)[C@H]1O. The standard InChI is InChI=1S/C35H63NO12.C18H36O2.C17H29NO11.4CH4/c1-5-6-7-8-9-10-11-12-13-14-15-16-17-18-19-20-28(40)45-22-26-30(41)34(29(23(2)46-26)36-24(3)37)48-35-32(43)31(42)33(44-4)25(47-35)21-27(38)39;1-2-3-4-5-6-7-8-9-10-11-12-13-14-15-16-17-18(19)20;1-6-11(18-7(2)20)16(12(23)9(5-19)27-6)29-17-14(25)13(24)15(26-3)8(28-17)4-10(21)22;;;;/h23,25-26,29-35,41-43H,5-22H2,1-4H3,(H,36,37)(H,38,39);2-17H2,1H3,(H,19,20);6,8-9,11-17,19,23-25H,4-5H2,1-3H3,(H,18,20)(H,21,22);4*1H4/t23-,25?,26?,29?,30+,31+,32?,33+,34+,35-;;6-,8?,9?,11?,12+,13+,14?,15+,16+,17-;;;;/m0.0..../s1. The van der Waals surface area contributed by atoms with Crippen LogP contribution in [0.4, 0.5) is 0 Å². The predicted octanol–water partition coefficient (Wildman–Crippen LogP) is 9.60. The summed E-state index contributed by atoms with van der Waals surface area (Å²) in [4.78, 5) is 68.9. The van der Waals surface area contributed by atoms with Crippen LogP contribution < -0.4 is 10.6 Å². The molecule has 0 radical (unpaired) electrons. The molecule has 0 aliphatic carbocycles. The number of carbonyl (C=O) groups is 6. The van der Waals surface area contributed by atoms with Gasteiger partial charge < -0.3 is 104 Å². The molecule has 0 saturated carbocycles. The van der Waals surface area contributed by atoms with Crippen LogP contribution in [0.3, 0.4) is 0 Å². The van der Waals surface area contributed by atoms with Crippen molar-refractivity contribution in [2.45, 2.75) is 412 Å². The number of carbonyl (C=O) groups excluding carboxylic acids is 3. The Morgan fingerprint density at radius 3 is 0.960 bits per heavy atom. The number of rotatable bonds is 47. The van der Waals surface area contributed by atoms with Gasteiger partial charge in [0.2, 0.25) is 11.8 Å². The van der Waals surface area contributed by atoms with E-state index in [-0.39, 0.29) is 42.7 Å². The molecule has 4 fully saturated rings. The number of methoxy groups -OCH3 is 2. The highest BCUT2D eigenvalue weighted by molar-refractivity contribution is 5.74. The van der Waals surface area contributed by atoms with Crippen molar-refractivity contribution < 1.29 is 122 Å². The van der Waals surface area contributed by atoms with E-state index in [1.54, 1.807) is 13.8 Å². The maximum Gasteiger partial charge on any atom is 0.306 e. The molecular formula is C74H144N2O25. The minimum atomic E-state index is -1.66. The van der Waals surface area contributed by atoms with Crippen LogP contribution in [0, 0.1) is 0 Å². The summed E-state index contributed by atoms with van der Waals surface area (Å²) in [7, 11) is 2.49. The van der Waals surface area contributed by atoms with E-state index in [0.29, 0.717) is 12.8 Å². The summed E-state index contributed by atoms with van der Waals surface area (Å²) in [6.07, 6.45) is 15.1. The second kappa shape index (κ2) is 59.4. The summed E-state index contributed by atoms with van der Waals surface area (Å²) in [6.45, 7) is 9.52. The molecule has 8 unspecified atom stereocenters. The first-order chi connectivity index (χ1) is 46.4. The second-order valence-electron chi connectivity index (χ2n) is 26.7. The molecule has 27 nitrogen and oxygen atoms in total. The van der Waals surface area contributed by atoms with Crippen LogP contribution in [0.25, 0.3) is 0 Å². The van der Waals surface area contributed by atoms with Gasteiger partial charge in [0.1, 0.15) is 92.1 Å². The maximum atomic E-state index is 12.5. The van der Waals surface area contributed by atoms with E-state index in [1.807, 2.05) is 0 Å². The van der Waals surface area contributed by atoms with Gasteiger partial charge in [-0.3, -0.25) is 28.8 Å². The van der Waals surface area contributed by atoms with Crippen LogP contribution in [-0.2, 0) is 71.4 Å². The summed E-state index contributed by atoms with van der Waals surface area (Å²) in [5.41, 5.74) is 0. The third-order valence-corrected chi connectivity index (χ3v) is 18.4. The quantitative estimate of drug-likeness (QED) is 0.0199. The lowest BCUT2D eigenvalue weighted by Crippen LogP contribution is -2.67. The molecule has 4 aliphatic rings. The van der Waals surface area contributed by atoms with Crippen molar-refractivity contribution in [1.29, 1.82) is 0 Å². The molecule has 0 aromatic heterocycles. The fraction of sp³-hybridized carbons (Fsp3) is 0.919. The van der Waals surface area contributed by atoms with E-state index in [4.69, 9.17) is 52.8 Å². The van der Waals surface area contributed by atoms with E-state index in [0.717, 1.165) is 32.1 Å². The molecule has 4 rings (SSSR count). The summed E-state index contributed by atoms with van der Waals surface area (Å²) < 4.78 is 49.9. The molecule has 600 valence electrons. The number of aliphatic carboxylic acids is 3. The molecule has 0 aromatic rings. The Balaban J connectivity index is -0.00000154. The Kier molecular flexibility index (Phi) is 59.6. The smallest absolute Gasteiger partial charge is 0.306 e.